The van der Waals surface area contributed by atoms with Crippen LogP contribution in [0, 0.1) is 0 Å². The molecule has 2 aliphatic rings. The summed E-state index contributed by atoms with van der Waals surface area (Å²) in [6, 6.07) is 0. The van der Waals surface area contributed by atoms with Gasteiger partial charge in [0.25, 0.3) is 0 Å². The van der Waals surface area contributed by atoms with Gasteiger partial charge in [0.2, 0.25) is 0 Å². The first kappa shape index (κ1) is 25.1. The van der Waals surface area contributed by atoms with Crippen LogP contribution in [0.15, 0.2) is 24.3 Å². The van der Waals surface area contributed by atoms with Crippen LogP contribution in [0.3, 0.4) is 0 Å². The highest BCUT2D eigenvalue weighted by Gasteiger charge is 2.28. The largest absolute Gasteiger partial charge is 0.396 e. The first-order valence-electron chi connectivity index (χ1n) is 11.3. The Labute approximate surface area is 172 Å². The number of hydrogen-bond acceptors (Lipinski definition) is 4. The molecule has 0 saturated carbocycles. The van der Waals surface area contributed by atoms with Gasteiger partial charge in [-0.25, -0.2) is 0 Å². The molecule has 0 aromatic rings. The lowest BCUT2D eigenvalue weighted by Gasteiger charge is -2.12. The van der Waals surface area contributed by atoms with Crippen LogP contribution >= 0.6 is 0 Å². The molecule has 0 radical (unpaired) electrons. The Morgan fingerprint density at radius 1 is 0.893 bits per heavy atom. The second-order valence-electron chi connectivity index (χ2n) is 8.11. The lowest BCUT2D eigenvalue weighted by molar-refractivity contribution is -0.108. The summed E-state index contributed by atoms with van der Waals surface area (Å²) in [4.78, 5) is 10.2. The van der Waals surface area contributed by atoms with E-state index in [1.54, 1.807) is 0 Å². The van der Waals surface area contributed by atoms with E-state index in [9.17, 15) is 4.79 Å². The van der Waals surface area contributed by atoms with Crippen LogP contribution in [0.25, 0.3) is 0 Å². The molecule has 162 valence electrons. The van der Waals surface area contributed by atoms with Crippen LogP contribution in [0.2, 0.25) is 0 Å². The first-order valence-corrected chi connectivity index (χ1v) is 11.3. The van der Waals surface area contributed by atoms with Crippen molar-refractivity contribution in [2.75, 3.05) is 6.61 Å². The van der Waals surface area contributed by atoms with Crippen molar-refractivity contribution in [3.63, 3.8) is 0 Å². The molecular formula is C24H42O4. The maximum absolute atomic E-state index is 10.2. The van der Waals surface area contributed by atoms with Crippen molar-refractivity contribution in [1.82, 2.24) is 0 Å². The SMILES string of the molecule is C=C1C[C@H](CCCC)O[C@H]1CCC=O.C=C1C[C@H](CCCC)O[C@H]1CCCO. The van der Waals surface area contributed by atoms with E-state index in [0.717, 1.165) is 51.2 Å². The number of hydrogen-bond donors (Lipinski definition) is 1. The standard InChI is InChI=1S/C12H22O2.C12H20O2/c2*1-3-4-6-11-9-10(2)12(14-11)7-5-8-13/h11-13H,2-9H2,1H3;8,11-12H,2-7,9H2,1H3/t2*11-,12-/m00/s1. The predicted molar refractivity (Wildman–Crippen MR) is 116 cm³/mol. The molecule has 4 atom stereocenters. The maximum atomic E-state index is 10.2. The quantitative estimate of drug-likeness (QED) is 0.349. The van der Waals surface area contributed by atoms with E-state index in [2.05, 4.69) is 27.0 Å². The normalized spacial score (nSPS) is 27.0. The molecule has 0 aromatic heterocycles. The van der Waals surface area contributed by atoms with Gasteiger partial charge in [0.05, 0.1) is 24.4 Å². The van der Waals surface area contributed by atoms with Crippen LogP contribution in [-0.4, -0.2) is 42.4 Å². The molecule has 0 aliphatic carbocycles. The molecule has 4 nitrogen and oxygen atoms in total. The Hall–Kier alpha value is -0.970. The number of carbonyl (C=O) groups excluding carboxylic acids is 1. The fourth-order valence-corrected chi connectivity index (χ4v) is 3.85. The van der Waals surface area contributed by atoms with E-state index < -0.39 is 0 Å². The lowest BCUT2D eigenvalue weighted by Crippen LogP contribution is -2.11. The van der Waals surface area contributed by atoms with Crippen LogP contribution in [0.5, 0.6) is 0 Å². The highest BCUT2D eigenvalue weighted by Crippen LogP contribution is 2.30. The molecule has 2 fully saturated rings. The third kappa shape index (κ3) is 9.49. The van der Waals surface area contributed by atoms with E-state index in [1.165, 1.54) is 36.8 Å². The number of ether oxygens (including phenoxy) is 2. The van der Waals surface area contributed by atoms with Gasteiger partial charge in [0, 0.05) is 13.0 Å². The minimum atomic E-state index is 0.141. The monoisotopic (exact) mass is 394 g/mol. The summed E-state index contributed by atoms with van der Waals surface area (Å²) in [7, 11) is 0. The number of aliphatic hydroxyl groups is 1. The Morgan fingerprint density at radius 2 is 1.39 bits per heavy atom. The first-order chi connectivity index (χ1) is 13.5. The molecule has 4 heteroatoms. The average Bonchev–Trinajstić information content (AvgIpc) is 3.23. The van der Waals surface area contributed by atoms with E-state index >= 15 is 0 Å². The molecule has 0 amide bonds. The highest BCUT2D eigenvalue weighted by atomic mass is 16.5. The number of carbonyl (C=O) groups is 1. The van der Waals surface area contributed by atoms with Crippen molar-refractivity contribution in [2.24, 2.45) is 0 Å². The van der Waals surface area contributed by atoms with Crippen LogP contribution in [0.1, 0.15) is 90.9 Å². The maximum Gasteiger partial charge on any atom is 0.120 e. The second kappa shape index (κ2) is 14.9. The van der Waals surface area contributed by atoms with Gasteiger partial charge in [-0.2, -0.15) is 0 Å². The van der Waals surface area contributed by atoms with Gasteiger partial charge in [-0.15, -0.1) is 0 Å². The highest BCUT2D eigenvalue weighted by molar-refractivity contribution is 5.49. The Morgan fingerprint density at radius 3 is 1.82 bits per heavy atom. The van der Waals surface area contributed by atoms with Crippen LogP contribution in [0.4, 0.5) is 0 Å². The molecule has 0 unspecified atom stereocenters. The predicted octanol–water partition coefficient (Wildman–Crippen LogP) is 5.53. The summed E-state index contributed by atoms with van der Waals surface area (Å²) in [5, 5.41) is 8.73. The van der Waals surface area contributed by atoms with Crippen molar-refractivity contribution >= 4 is 6.29 Å². The van der Waals surface area contributed by atoms with Crippen LogP contribution in [-0.2, 0) is 14.3 Å². The summed E-state index contributed by atoms with van der Waals surface area (Å²) < 4.78 is 11.7. The minimum absolute atomic E-state index is 0.141. The Bertz CT molecular complexity index is 460. The molecule has 0 aromatic carbocycles. The summed E-state index contributed by atoms with van der Waals surface area (Å²) in [5.74, 6) is 0. The zero-order chi connectivity index (χ0) is 20.8. The summed E-state index contributed by atoms with van der Waals surface area (Å²) in [6.45, 7) is 12.7. The molecule has 2 heterocycles. The van der Waals surface area contributed by atoms with E-state index in [4.69, 9.17) is 14.6 Å². The molecular weight excluding hydrogens is 352 g/mol. The van der Waals surface area contributed by atoms with Gasteiger partial charge in [-0.3, -0.25) is 0 Å². The number of rotatable bonds is 12. The van der Waals surface area contributed by atoms with Crippen molar-refractivity contribution in [3.8, 4) is 0 Å². The average molecular weight is 395 g/mol. The molecule has 28 heavy (non-hydrogen) atoms. The number of aliphatic hydroxyl groups excluding tert-OH is 1. The Kier molecular flexibility index (Phi) is 13.4. The summed E-state index contributed by atoms with van der Waals surface area (Å²) in [6.07, 6.45) is 14.4. The van der Waals surface area contributed by atoms with Gasteiger partial charge in [-0.1, -0.05) is 52.7 Å². The molecule has 2 saturated heterocycles. The van der Waals surface area contributed by atoms with Gasteiger partial charge in [0.1, 0.15) is 6.29 Å². The minimum Gasteiger partial charge on any atom is -0.396 e. The second-order valence-corrected chi connectivity index (χ2v) is 8.11. The van der Waals surface area contributed by atoms with Gasteiger partial charge < -0.3 is 19.4 Å². The van der Waals surface area contributed by atoms with Crippen molar-refractivity contribution in [2.45, 2.75) is 115 Å². The van der Waals surface area contributed by atoms with Gasteiger partial charge in [-0.05, 0) is 56.1 Å². The fourth-order valence-electron chi connectivity index (χ4n) is 3.85. The topological polar surface area (TPSA) is 55.8 Å². The van der Waals surface area contributed by atoms with E-state index in [0.29, 0.717) is 18.6 Å². The van der Waals surface area contributed by atoms with E-state index in [-0.39, 0.29) is 18.8 Å². The summed E-state index contributed by atoms with van der Waals surface area (Å²) in [5.41, 5.74) is 2.40. The van der Waals surface area contributed by atoms with Crippen molar-refractivity contribution < 1.29 is 19.4 Å². The van der Waals surface area contributed by atoms with Gasteiger partial charge in [0.15, 0.2) is 0 Å². The lowest BCUT2D eigenvalue weighted by atomic mass is 10.0. The molecule has 0 spiro atoms. The van der Waals surface area contributed by atoms with E-state index in [1.807, 2.05) is 0 Å². The zero-order valence-corrected chi connectivity index (χ0v) is 18.2. The zero-order valence-electron chi connectivity index (χ0n) is 18.2. The third-order valence-corrected chi connectivity index (χ3v) is 5.53. The number of unbranched alkanes of at least 4 members (excludes halogenated alkanes) is 2. The third-order valence-electron chi connectivity index (χ3n) is 5.53. The fraction of sp³-hybridized carbons (Fsp3) is 0.792. The number of aldehydes is 1. The van der Waals surface area contributed by atoms with Gasteiger partial charge >= 0.3 is 0 Å². The molecule has 1 N–H and O–H groups in total. The van der Waals surface area contributed by atoms with Crippen molar-refractivity contribution in [1.29, 1.82) is 0 Å². The molecule has 2 aliphatic heterocycles. The van der Waals surface area contributed by atoms with Crippen molar-refractivity contribution in [3.05, 3.63) is 24.3 Å². The Balaban J connectivity index is 0.000000280. The summed E-state index contributed by atoms with van der Waals surface area (Å²) >= 11 is 0. The molecule has 0 bridgehead atoms. The molecule has 2 rings (SSSR count). The van der Waals surface area contributed by atoms with Crippen LogP contribution < -0.4 is 0 Å². The smallest absolute Gasteiger partial charge is 0.120 e.